The number of benzene rings is 3. The van der Waals surface area contributed by atoms with Crippen LogP contribution in [0.2, 0.25) is 10.0 Å². The average Bonchev–Trinajstić information content (AvgIpc) is 2.81. The van der Waals surface area contributed by atoms with E-state index >= 15 is 0 Å². The van der Waals surface area contributed by atoms with Gasteiger partial charge in [0.15, 0.2) is 9.84 Å². The molecule has 0 saturated carbocycles. The molecule has 12 heteroatoms. The summed E-state index contributed by atoms with van der Waals surface area (Å²) in [5, 5.41) is 22.3. The lowest BCUT2D eigenvalue weighted by atomic mass is 10.0. The number of nitrogens with one attached hydrogen (secondary N) is 1. The number of aryl methyl sites for hydroxylation is 1. The Hall–Kier alpha value is -2.84. The number of rotatable bonds is 10. The van der Waals surface area contributed by atoms with Crippen LogP contribution >= 0.6 is 30.3 Å². The molecule has 202 valence electrons. The van der Waals surface area contributed by atoms with Crippen LogP contribution in [0, 0.1) is 0 Å². The Morgan fingerprint density at radius 1 is 1.00 bits per heavy atom. The zero-order valence-corrected chi connectivity index (χ0v) is 23.7. The molecule has 0 fully saturated rings. The first kappa shape index (κ1) is 29.7. The first-order valence-corrected chi connectivity index (χ1v) is 16.3. The smallest absolute Gasteiger partial charge is 0.326 e. The number of amides is 1. The van der Waals surface area contributed by atoms with Gasteiger partial charge in [0, 0.05) is 24.1 Å². The van der Waals surface area contributed by atoms with Crippen molar-refractivity contribution in [2.24, 2.45) is 0 Å². The van der Waals surface area contributed by atoms with Crippen LogP contribution in [0.15, 0.2) is 65.6 Å². The molecule has 0 aromatic heterocycles. The molecular weight excluding hydrogens is 572 g/mol. The van der Waals surface area contributed by atoms with E-state index in [1.165, 1.54) is 42.5 Å². The Kier molecular flexibility index (Phi) is 9.31. The lowest BCUT2D eigenvalue weighted by Crippen LogP contribution is -2.42. The quantitative estimate of drug-likeness (QED) is 0.295. The van der Waals surface area contributed by atoms with E-state index in [1.807, 2.05) is 0 Å². The topological polar surface area (TPSA) is 138 Å². The Labute approximate surface area is 230 Å². The average molecular weight is 598 g/mol. The number of phenols is 1. The molecule has 3 aromatic carbocycles. The predicted octanol–water partition coefficient (Wildman–Crippen LogP) is 4.39. The van der Waals surface area contributed by atoms with Gasteiger partial charge in [-0.1, -0.05) is 47.5 Å². The Morgan fingerprint density at radius 2 is 1.63 bits per heavy atom. The number of hydrogen-bond acceptors (Lipinski definition) is 6. The van der Waals surface area contributed by atoms with Crippen molar-refractivity contribution in [2.45, 2.75) is 23.8 Å². The van der Waals surface area contributed by atoms with Crippen LogP contribution in [0.1, 0.15) is 21.5 Å². The van der Waals surface area contributed by atoms with E-state index in [1.54, 1.807) is 24.9 Å². The van der Waals surface area contributed by atoms with Crippen LogP contribution in [0.5, 0.6) is 5.75 Å². The molecule has 0 bridgehead atoms. The van der Waals surface area contributed by atoms with Crippen LogP contribution in [0.25, 0.3) is 0 Å². The Morgan fingerprint density at radius 3 is 2.21 bits per heavy atom. The lowest BCUT2D eigenvalue weighted by Gasteiger charge is -2.17. The normalized spacial score (nSPS) is 13.9. The number of aromatic hydroxyl groups is 1. The SMILES string of the molecule is C[P@@](=O)(CCc1cc(Cl)c(C(=O)N[C@@H](Cc2cccc(S(C)(=O)=O)c2)C(=O)O)c(Cl)c1)c1cccc(O)c1. The molecule has 0 heterocycles. The van der Waals surface area contributed by atoms with Gasteiger partial charge in [0.1, 0.15) is 18.9 Å². The van der Waals surface area contributed by atoms with Crippen molar-refractivity contribution in [3.05, 3.63) is 87.4 Å². The molecule has 0 aliphatic carbocycles. The summed E-state index contributed by atoms with van der Waals surface area (Å²) in [4.78, 5) is 24.8. The van der Waals surface area contributed by atoms with Gasteiger partial charge in [0.25, 0.3) is 5.91 Å². The maximum Gasteiger partial charge on any atom is 0.326 e. The van der Waals surface area contributed by atoms with Gasteiger partial charge in [-0.25, -0.2) is 13.2 Å². The Bertz CT molecular complexity index is 1520. The number of phenolic OH excluding ortho intramolecular Hbond substituents is 1. The second-order valence-electron chi connectivity index (χ2n) is 9.02. The summed E-state index contributed by atoms with van der Waals surface area (Å²) < 4.78 is 36.8. The maximum absolute atomic E-state index is 13.2. The lowest BCUT2D eigenvalue weighted by molar-refractivity contribution is -0.139. The number of carboxylic acid groups (broad SMARTS) is 1. The molecule has 0 spiro atoms. The second-order valence-corrected chi connectivity index (χ2v) is 15.0. The van der Waals surface area contributed by atoms with Gasteiger partial charge in [-0.15, -0.1) is 0 Å². The molecule has 0 saturated heterocycles. The number of carbonyl (C=O) groups excluding carboxylic acids is 1. The van der Waals surface area contributed by atoms with Crippen LogP contribution in [-0.2, 0) is 32.0 Å². The summed E-state index contributed by atoms with van der Waals surface area (Å²) in [5.41, 5.74) is 0.927. The molecule has 8 nitrogen and oxygen atoms in total. The highest BCUT2D eigenvalue weighted by atomic mass is 35.5. The van der Waals surface area contributed by atoms with Gasteiger partial charge in [0.05, 0.1) is 20.5 Å². The minimum absolute atomic E-state index is 0.00324. The van der Waals surface area contributed by atoms with E-state index in [0.29, 0.717) is 22.9 Å². The molecule has 3 N–H and O–H groups in total. The van der Waals surface area contributed by atoms with E-state index in [-0.39, 0.29) is 38.8 Å². The molecule has 3 rings (SSSR count). The summed E-state index contributed by atoms with van der Waals surface area (Å²) in [6, 6.07) is 13.7. The van der Waals surface area contributed by atoms with Crippen molar-refractivity contribution in [1.82, 2.24) is 5.32 Å². The number of carbonyl (C=O) groups is 2. The zero-order chi connectivity index (χ0) is 28.3. The molecule has 0 aliphatic rings. The van der Waals surface area contributed by atoms with E-state index in [0.717, 1.165) is 6.26 Å². The summed E-state index contributed by atoms with van der Waals surface area (Å²) in [6.45, 7) is 1.62. The van der Waals surface area contributed by atoms with Crippen molar-refractivity contribution in [2.75, 3.05) is 19.1 Å². The van der Waals surface area contributed by atoms with Crippen molar-refractivity contribution >= 4 is 57.4 Å². The third-order valence-electron chi connectivity index (χ3n) is 5.90. The maximum atomic E-state index is 13.2. The Balaban J connectivity index is 1.76. The fourth-order valence-electron chi connectivity index (χ4n) is 3.81. The van der Waals surface area contributed by atoms with Crippen LogP contribution in [0.3, 0.4) is 0 Å². The third-order valence-corrected chi connectivity index (χ3v) is 10.1. The minimum Gasteiger partial charge on any atom is -0.508 e. The molecule has 3 aromatic rings. The van der Waals surface area contributed by atoms with Crippen molar-refractivity contribution in [3.8, 4) is 5.75 Å². The van der Waals surface area contributed by atoms with Crippen LogP contribution < -0.4 is 10.6 Å². The molecule has 2 atom stereocenters. The van der Waals surface area contributed by atoms with Gasteiger partial charge in [-0.05, 0) is 60.6 Å². The zero-order valence-electron chi connectivity index (χ0n) is 20.5. The number of aliphatic carboxylic acids is 1. The van der Waals surface area contributed by atoms with Crippen LogP contribution in [-0.4, -0.2) is 55.6 Å². The standard InChI is InChI=1S/C26H26Cl2NO7PS/c1-37(34,19-7-4-6-18(30)15-19)10-9-17-12-21(27)24(22(28)13-17)25(31)29-23(26(32)33)14-16-5-3-8-20(11-16)38(2,35)36/h3-8,11-13,15,23,30H,9-10,14H2,1-2H3,(H,29,31)(H,32,33)/t23-,37+/m0/s1. The van der Waals surface area contributed by atoms with Gasteiger partial charge < -0.3 is 20.1 Å². The van der Waals surface area contributed by atoms with Crippen LogP contribution in [0.4, 0.5) is 0 Å². The van der Waals surface area contributed by atoms with E-state index in [2.05, 4.69) is 5.32 Å². The second kappa shape index (κ2) is 11.9. The largest absolute Gasteiger partial charge is 0.508 e. The van der Waals surface area contributed by atoms with E-state index in [4.69, 9.17) is 23.2 Å². The fourth-order valence-corrected chi connectivity index (χ4v) is 6.96. The first-order chi connectivity index (χ1) is 17.7. The summed E-state index contributed by atoms with van der Waals surface area (Å²) in [5.74, 6) is -2.11. The number of carboxylic acids is 1. The highest BCUT2D eigenvalue weighted by molar-refractivity contribution is 7.90. The number of halogens is 2. The van der Waals surface area contributed by atoms with Gasteiger partial charge in [-0.2, -0.15) is 0 Å². The monoisotopic (exact) mass is 597 g/mol. The third kappa shape index (κ3) is 7.60. The fraction of sp³-hybridized carbons (Fsp3) is 0.231. The molecule has 1 amide bonds. The number of sulfone groups is 1. The summed E-state index contributed by atoms with van der Waals surface area (Å²) in [6.07, 6.45) is 1.47. The molecule has 0 unspecified atom stereocenters. The van der Waals surface area contributed by atoms with Crippen molar-refractivity contribution in [1.29, 1.82) is 0 Å². The molecular formula is C26H26Cl2NO7PS. The minimum atomic E-state index is -3.49. The van der Waals surface area contributed by atoms with Gasteiger partial charge in [-0.3, -0.25) is 4.79 Å². The van der Waals surface area contributed by atoms with Crippen molar-refractivity contribution in [3.63, 3.8) is 0 Å². The highest BCUT2D eigenvalue weighted by Gasteiger charge is 2.25. The molecule has 0 aliphatic heterocycles. The summed E-state index contributed by atoms with van der Waals surface area (Å²) >= 11 is 12.7. The molecule has 0 radical (unpaired) electrons. The molecule has 38 heavy (non-hydrogen) atoms. The van der Waals surface area contributed by atoms with Crippen molar-refractivity contribution < 1.29 is 32.8 Å². The van der Waals surface area contributed by atoms with E-state index in [9.17, 15) is 32.8 Å². The van der Waals surface area contributed by atoms with E-state index < -0.39 is 34.9 Å². The highest BCUT2D eigenvalue weighted by Crippen LogP contribution is 2.41. The summed E-state index contributed by atoms with van der Waals surface area (Å²) in [7, 11) is -6.30. The predicted molar refractivity (Wildman–Crippen MR) is 148 cm³/mol. The first-order valence-electron chi connectivity index (χ1n) is 11.3. The van der Waals surface area contributed by atoms with Gasteiger partial charge >= 0.3 is 5.97 Å². The number of hydrogen-bond donors (Lipinski definition) is 3. The van der Waals surface area contributed by atoms with Gasteiger partial charge in [0.2, 0.25) is 0 Å².